The van der Waals surface area contributed by atoms with Crippen molar-refractivity contribution in [2.45, 2.75) is 76.5 Å². The molecule has 0 bridgehead atoms. The van der Waals surface area contributed by atoms with E-state index in [1.807, 2.05) is 18.7 Å². The highest BCUT2D eigenvalue weighted by atomic mass is 16.5. The van der Waals surface area contributed by atoms with Crippen LogP contribution in [0.4, 0.5) is 4.79 Å². The SMILES string of the molecule is COCCCOc1cc(C(=O)N(C(C)C)[C@@H]2CC[C@H](CCNC3CC3)N(C(=O)O)C2)ccc1OC. The average Bonchev–Trinajstić information content (AvgIpc) is 3.66. The predicted octanol–water partition coefficient (Wildman–Crippen LogP) is 3.61. The number of carboxylic acid groups (broad SMARTS) is 1. The Hall–Kier alpha value is -2.52. The summed E-state index contributed by atoms with van der Waals surface area (Å²) in [5, 5.41) is 13.4. The smallest absolute Gasteiger partial charge is 0.407 e. The van der Waals surface area contributed by atoms with Gasteiger partial charge in [-0.25, -0.2) is 4.79 Å². The van der Waals surface area contributed by atoms with Gasteiger partial charge in [0.05, 0.1) is 19.8 Å². The van der Waals surface area contributed by atoms with Crippen LogP contribution in [0.15, 0.2) is 18.2 Å². The minimum Gasteiger partial charge on any atom is -0.493 e. The Morgan fingerprint density at radius 1 is 1.14 bits per heavy atom. The summed E-state index contributed by atoms with van der Waals surface area (Å²) in [7, 11) is 3.21. The van der Waals surface area contributed by atoms with Gasteiger partial charge in [0.1, 0.15) is 0 Å². The van der Waals surface area contributed by atoms with Crippen molar-refractivity contribution in [3.8, 4) is 11.5 Å². The quantitative estimate of drug-likeness (QED) is 0.407. The van der Waals surface area contributed by atoms with Gasteiger partial charge in [-0.05, 0) is 70.7 Å². The minimum absolute atomic E-state index is 0.0211. The number of amides is 2. The summed E-state index contributed by atoms with van der Waals surface area (Å²) < 4.78 is 16.3. The van der Waals surface area contributed by atoms with Crippen LogP contribution in [0.2, 0.25) is 0 Å². The van der Waals surface area contributed by atoms with Crippen LogP contribution in [0, 0.1) is 0 Å². The lowest BCUT2D eigenvalue weighted by Gasteiger charge is -2.44. The van der Waals surface area contributed by atoms with Gasteiger partial charge in [0.25, 0.3) is 5.91 Å². The van der Waals surface area contributed by atoms with Crippen LogP contribution in [-0.2, 0) is 4.74 Å². The first-order valence-electron chi connectivity index (χ1n) is 12.7. The first-order valence-corrected chi connectivity index (χ1v) is 12.7. The molecular formula is C26H41N3O6. The molecule has 2 N–H and O–H groups in total. The van der Waals surface area contributed by atoms with E-state index >= 15 is 0 Å². The number of benzene rings is 1. The van der Waals surface area contributed by atoms with E-state index in [1.165, 1.54) is 17.7 Å². The summed E-state index contributed by atoms with van der Waals surface area (Å²) in [6.07, 6.45) is 4.55. The maximum Gasteiger partial charge on any atom is 0.407 e. The number of carbonyl (C=O) groups is 2. The third kappa shape index (κ3) is 7.48. The molecular weight excluding hydrogens is 450 g/mol. The molecule has 1 heterocycles. The summed E-state index contributed by atoms with van der Waals surface area (Å²) in [6, 6.07) is 5.52. The number of nitrogens with one attached hydrogen (secondary N) is 1. The van der Waals surface area contributed by atoms with Gasteiger partial charge in [-0.2, -0.15) is 0 Å². The third-order valence-corrected chi connectivity index (χ3v) is 6.76. The Kier molecular flexibility index (Phi) is 10.0. The largest absolute Gasteiger partial charge is 0.493 e. The second-order valence-electron chi connectivity index (χ2n) is 9.70. The molecule has 9 nitrogen and oxygen atoms in total. The molecule has 1 saturated heterocycles. The van der Waals surface area contributed by atoms with E-state index in [-0.39, 0.29) is 24.0 Å². The number of ether oxygens (including phenoxy) is 3. The van der Waals surface area contributed by atoms with E-state index in [2.05, 4.69) is 5.32 Å². The number of carbonyl (C=O) groups excluding carboxylic acids is 1. The van der Waals surface area contributed by atoms with Gasteiger partial charge in [0.15, 0.2) is 11.5 Å². The minimum atomic E-state index is -0.918. The van der Waals surface area contributed by atoms with E-state index in [0.717, 1.165) is 32.2 Å². The van der Waals surface area contributed by atoms with Crippen LogP contribution in [0.1, 0.15) is 62.7 Å². The molecule has 0 spiro atoms. The zero-order chi connectivity index (χ0) is 25.4. The molecule has 9 heteroatoms. The molecule has 1 saturated carbocycles. The van der Waals surface area contributed by atoms with Crippen LogP contribution in [0.25, 0.3) is 0 Å². The van der Waals surface area contributed by atoms with E-state index in [4.69, 9.17) is 14.2 Å². The number of methoxy groups -OCH3 is 2. The Bertz CT molecular complexity index is 844. The summed E-state index contributed by atoms with van der Waals surface area (Å²) in [4.78, 5) is 29.1. The zero-order valence-electron chi connectivity index (χ0n) is 21.5. The van der Waals surface area contributed by atoms with Crippen molar-refractivity contribution < 1.29 is 28.9 Å². The molecule has 3 rings (SSSR count). The van der Waals surface area contributed by atoms with Crippen LogP contribution in [-0.4, -0.2) is 91.6 Å². The van der Waals surface area contributed by atoms with Crippen molar-refractivity contribution in [3.05, 3.63) is 23.8 Å². The first kappa shape index (κ1) is 27.1. The van der Waals surface area contributed by atoms with Gasteiger partial charge in [-0.15, -0.1) is 0 Å². The molecule has 2 aliphatic rings. The highest BCUT2D eigenvalue weighted by molar-refractivity contribution is 5.95. The maximum absolute atomic E-state index is 13.7. The van der Waals surface area contributed by atoms with Crippen molar-refractivity contribution >= 4 is 12.0 Å². The Balaban J connectivity index is 1.71. The highest BCUT2D eigenvalue weighted by Gasteiger charge is 2.37. The second-order valence-corrected chi connectivity index (χ2v) is 9.70. The molecule has 2 amide bonds. The number of nitrogens with zero attached hydrogens (tertiary/aromatic N) is 2. The lowest BCUT2D eigenvalue weighted by Crippen LogP contribution is -2.57. The van der Waals surface area contributed by atoms with E-state index in [9.17, 15) is 14.7 Å². The Labute approximate surface area is 208 Å². The molecule has 1 aromatic carbocycles. The van der Waals surface area contributed by atoms with Crippen molar-refractivity contribution in [1.29, 1.82) is 0 Å². The monoisotopic (exact) mass is 491 g/mol. The molecule has 1 aromatic rings. The molecule has 1 aliphatic heterocycles. The van der Waals surface area contributed by atoms with E-state index in [1.54, 1.807) is 32.4 Å². The average molecular weight is 492 g/mol. The molecule has 196 valence electrons. The fourth-order valence-electron chi connectivity index (χ4n) is 4.79. The molecule has 0 unspecified atom stereocenters. The Morgan fingerprint density at radius 2 is 1.91 bits per heavy atom. The zero-order valence-corrected chi connectivity index (χ0v) is 21.5. The van der Waals surface area contributed by atoms with E-state index in [0.29, 0.717) is 42.9 Å². The fourth-order valence-corrected chi connectivity index (χ4v) is 4.79. The van der Waals surface area contributed by atoms with Crippen LogP contribution in [0.3, 0.4) is 0 Å². The third-order valence-electron chi connectivity index (χ3n) is 6.76. The van der Waals surface area contributed by atoms with Gasteiger partial charge >= 0.3 is 6.09 Å². The summed E-state index contributed by atoms with van der Waals surface area (Å²) >= 11 is 0. The van der Waals surface area contributed by atoms with Gasteiger partial charge < -0.3 is 34.4 Å². The first-order chi connectivity index (χ1) is 16.8. The number of piperidine rings is 1. The normalized spacial score (nSPS) is 20.1. The van der Waals surface area contributed by atoms with Crippen molar-refractivity contribution in [3.63, 3.8) is 0 Å². The lowest BCUT2D eigenvalue weighted by molar-refractivity contribution is 0.0322. The number of hydrogen-bond acceptors (Lipinski definition) is 6. The molecule has 0 radical (unpaired) electrons. The van der Waals surface area contributed by atoms with Gasteiger partial charge in [0, 0.05) is 50.4 Å². The Morgan fingerprint density at radius 3 is 2.54 bits per heavy atom. The summed E-state index contributed by atoms with van der Waals surface area (Å²) in [5.74, 6) is 0.943. The fraction of sp³-hybridized carbons (Fsp3) is 0.692. The lowest BCUT2D eigenvalue weighted by atomic mass is 9.94. The van der Waals surface area contributed by atoms with Gasteiger partial charge in [0.2, 0.25) is 0 Å². The van der Waals surface area contributed by atoms with Crippen LogP contribution >= 0.6 is 0 Å². The highest BCUT2D eigenvalue weighted by Crippen LogP contribution is 2.31. The van der Waals surface area contributed by atoms with Crippen molar-refractivity contribution in [1.82, 2.24) is 15.1 Å². The summed E-state index contributed by atoms with van der Waals surface area (Å²) in [5.41, 5.74) is 0.499. The number of likely N-dealkylation sites (tertiary alicyclic amines) is 1. The van der Waals surface area contributed by atoms with Crippen molar-refractivity contribution in [2.24, 2.45) is 0 Å². The molecule has 35 heavy (non-hydrogen) atoms. The van der Waals surface area contributed by atoms with Crippen molar-refractivity contribution in [2.75, 3.05) is 40.5 Å². The standard InChI is InChI=1S/C26H41N3O6/c1-18(2)29(22-10-9-21(28(17-22)26(31)32)12-13-27-20-7-8-20)25(30)19-6-11-23(34-4)24(16-19)35-15-5-14-33-3/h6,11,16,18,20-22,27H,5,7-10,12-15,17H2,1-4H3,(H,31,32)/t21-,22-/m1/s1. The maximum atomic E-state index is 13.7. The molecule has 2 fully saturated rings. The number of hydrogen-bond donors (Lipinski definition) is 2. The van der Waals surface area contributed by atoms with Crippen LogP contribution in [0.5, 0.6) is 11.5 Å². The molecule has 2 atom stereocenters. The van der Waals surface area contributed by atoms with Gasteiger partial charge in [-0.1, -0.05) is 0 Å². The predicted molar refractivity (Wildman–Crippen MR) is 133 cm³/mol. The van der Waals surface area contributed by atoms with Gasteiger partial charge in [-0.3, -0.25) is 4.79 Å². The number of rotatable bonds is 13. The second kappa shape index (κ2) is 13.0. The van der Waals surface area contributed by atoms with E-state index < -0.39 is 6.09 Å². The molecule has 0 aromatic heterocycles. The summed E-state index contributed by atoms with van der Waals surface area (Å²) in [6.45, 7) is 6.13. The van der Waals surface area contributed by atoms with Crippen LogP contribution < -0.4 is 14.8 Å². The molecule has 1 aliphatic carbocycles. The topological polar surface area (TPSA) is 101 Å².